The van der Waals surface area contributed by atoms with Crippen molar-refractivity contribution in [3.63, 3.8) is 0 Å². The van der Waals surface area contributed by atoms with Crippen LogP contribution in [0.3, 0.4) is 0 Å². The number of allylic oxidation sites excluding steroid dienone is 1. The van der Waals surface area contributed by atoms with Gasteiger partial charge in [0.1, 0.15) is 5.78 Å². The van der Waals surface area contributed by atoms with E-state index in [-0.39, 0.29) is 5.92 Å². The van der Waals surface area contributed by atoms with Crippen molar-refractivity contribution in [3.8, 4) is 0 Å². The molecule has 1 heteroatoms. The van der Waals surface area contributed by atoms with Gasteiger partial charge in [0.15, 0.2) is 0 Å². The van der Waals surface area contributed by atoms with E-state index in [2.05, 4.69) is 6.58 Å². The molecule has 1 nitrogen and oxygen atoms in total. The van der Waals surface area contributed by atoms with Gasteiger partial charge in [-0.1, -0.05) is 13.0 Å². The van der Waals surface area contributed by atoms with Gasteiger partial charge >= 0.3 is 0 Å². The number of carbonyl (C=O) groups excluding carboxylic acids is 1. The van der Waals surface area contributed by atoms with Crippen molar-refractivity contribution in [2.45, 2.75) is 19.8 Å². The molecule has 1 aliphatic carbocycles. The number of rotatable bonds is 1. The lowest BCUT2D eigenvalue weighted by Crippen LogP contribution is -2.07. The lowest BCUT2D eigenvalue weighted by atomic mass is 9.98. The van der Waals surface area contributed by atoms with Gasteiger partial charge in [0.25, 0.3) is 0 Å². The summed E-state index contributed by atoms with van der Waals surface area (Å²) in [5.74, 6) is 1.10. The molecule has 0 aromatic heterocycles. The fourth-order valence-electron chi connectivity index (χ4n) is 1.35. The van der Waals surface area contributed by atoms with Gasteiger partial charge in [-0.25, -0.2) is 0 Å². The van der Waals surface area contributed by atoms with E-state index in [1.54, 1.807) is 0 Å². The summed E-state index contributed by atoms with van der Waals surface area (Å²) in [4.78, 5) is 10.9. The van der Waals surface area contributed by atoms with Gasteiger partial charge < -0.3 is 0 Å². The van der Waals surface area contributed by atoms with Gasteiger partial charge in [0.05, 0.1) is 0 Å². The van der Waals surface area contributed by atoms with Crippen LogP contribution in [0.4, 0.5) is 0 Å². The molecule has 0 radical (unpaired) electrons. The third-order valence-electron chi connectivity index (χ3n) is 2.18. The summed E-state index contributed by atoms with van der Waals surface area (Å²) in [6.45, 7) is 5.66. The van der Waals surface area contributed by atoms with Crippen LogP contribution in [0, 0.1) is 11.8 Å². The number of Topliss-reactive ketones (excluding diaryl/α,β-unsaturated/α-hetero) is 1. The van der Waals surface area contributed by atoms with Gasteiger partial charge in [-0.3, -0.25) is 4.79 Å². The molecule has 0 aromatic rings. The largest absolute Gasteiger partial charge is 0.299 e. The predicted octanol–water partition coefficient (Wildman–Crippen LogP) is 1.79. The standard InChI is InChI=1S/C8H12O/c1-3-7-4-5-8(9)6(7)2/h3,6-7H,1,4-5H2,2H3. The first-order valence-electron chi connectivity index (χ1n) is 3.41. The Morgan fingerprint density at radius 2 is 2.44 bits per heavy atom. The molecule has 0 aromatic carbocycles. The van der Waals surface area contributed by atoms with Crippen molar-refractivity contribution in [3.05, 3.63) is 12.7 Å². The summed E-state index contributed by atoms with van der Waals surface area (Å²) in [7, 11) is 0. The van der Waals surface area contributed by atoms with E-state index in [4.69, 9.17) is 0 Å². The summed E-state index contributed by atoms with van der Waals surface area (Å²) in [5, 5.41) is 0. The molecule has 2 unspecified atom stereocenters. The fourth-order valence-corrected chi connectivity index (χ4v) is 1.35. The normalized spacial score (nSPS) is 35.0. The van der Waals surface area contributed by atoms with E-state index in [0.717, 1.165) is 12.8 Å². The van der Waals surface area contributed by atoms with Crippen LogP contribution in [0.15, 0.2) is 12.7 Å². The molecule has 0 saturated heterocycles. The zero-order valence-electron chi connectivity index (χ0n) is 5.76. The summed E-state index contributed by atoms with van der Waals surface area (Å²) in [6, 6.07) is 0. The monoisotopic (exact) mass is 124 g/mol. The summed E-state index contributed by atoms with van der Waals surface area (Å²) in [5.41, 5.74) is 0. The number of hydrogen-bond donors (Lipinski definition) is 0. The first kappa shape index (κ1) is 6.53. The minimum atomic E-state index is 0.238. The number of hydrogen-bond acceptors (Lipinski definition) is 1. The van der Waals surface area contributed by atoms with Crippen molar-refractivity contribution in [1.29, 1.82) is 0 Å². The van der Waals surface area contributed by atoms with Crippen LogP contribution >= 0.6 is 0 Å². The Kier molecular flexibility index (Phi) is 1.70. The van der Waals surface area contributed by atoms with Crippen molar-refractivity contribution in [2.24, 2.45) is 11.8 Å². The highest BCUT2D eigenvalue weighted by atomic mass is 16.1. The number of ketones is 1. The molecule has 0 amide bonds. The SMILES string of the molecule is C=CC1CCC(=O)C1C. The lowest BCUT2D eigenvalue weighted by molar-refractivity contribution is -0.120. The van der Waals surface area contributed by atoms with Gasteiger partial charge in [0, 0.05) is 12.3 Å². The van der Waals surface area contributed by atoms with E-state index in [1.165, 1.54) is 0 Å². The Morgan fingerprint density at radius 3 is 2.67 bits per heavy atom. The Hall–Kier alpha value is -0.590. The van der Waals surface area contributed by atoms with E-state index in [1.807, 2.05) is 13.0 Å². The van der Waals surface area contributed by atoms with Crippen LogP contribution in [0.1, 0.15) is 19.8 Å². The summed E-state index contributed by atoms with van der Waals surface area (Å²) in [6.07, 6.45) is 3.68. The van der Waals surface area contributed by atoms with Crippen molar-refractivity contribution in [1.82, 2.24) is 0 Å². The third kappa shape index (κ3) is 1.04. The molecule has 9 heavy (non-hydrogen) atoms. The minimum absolute atomic E-state index is 0.238. The topological polar surface area (TPSA) is 17.1 Å². The van der Waals surface area contributed by atoms with Crippen molar-refractivity contribution >= 4 is 5.78 Å². The predicted molar refractivity (Wildman–Crippen MR) is 37.1 cm³/mol. The fraction of sp³-hybridized carbons (Fsp3) is 0.625. The zero-order valence-corrected chi connectivity index (χ0v) is 5.76. The average Bonchev–Trinajstić information content (AvgIpc) is 2.15. The Morgan fingerprint density at radius 1 is 1.78 bits per heavy atom. The molecule has 1 fully saturated rings. The average molecular weight is 124 g/mol. The molecular formula is C8H12O. The maximum Gasteiger partial charge on any atom is 0.136 e. The molecule has 50 valence electrons. The Balaban J connectivity index is 2.61. The lowest BCUT2D eigenvalue weighted by Gasteiger charge is -2.05. The molecule has 0 aliphatic heterocycles. The summed E-state index contributed by atoms with van der Waals surface area (Å²) < 4.78 is 0. The van der Waals surface area contributed by atoms with Gasteiger partial charge in [-0.05, 0) is 12.3 Å². The van der Waals surface area contributed by atoms with Crippen molar-refractivity contribution < 1.29 is 4.79 Å². The van der Waals surface area contributed by atoms with Crippen LogP contribution < -0.4 is 0 Å². The van der Waals surface area contributed by atoms with E-state index in [0.29, 0.717) is 11.7 Å². The van der Waals surface area contributed by atoms with Crippen molar-refractivity contribution in [2.75, 3.05) is 0 Å². The van der Waals surface area contributed by atoms with Gasteiger partial charge in [0.2, 0.25) is 0 Å². The molecule has 0 N–H and O–H groups in total. The Bertz CT molecular complexity index is 138. The highest BCUT2D eigenvalue weighted by molar-refractivity contribution is 5.83. The zero-order chi connectivity index (χ0) is 6.85. The molecule has 2 atom stereocenters. The van der Waals surface area contributed by atoms with E-state index < -0.39 is 0 Å². The molecular weight excluding hydrogens is 112 g/mol. The smallest absolute Gasteiger partial charge is 0.136 e. The molecule has 0 bridgehead atoms. The first-order valence-corrected chi connectivity index (χ1v) is 3.41. The van der Waals surface area contributed by atoms with Crippen LogP contribution in [-0.2, 0) is 4.79 Å². The molecule has 0 heterocycles. The number of carbonyl (C=O) groups is 1. The minimum Gasteiger partial charge on any atom is -0.299 e. The highest BCUT2D eigenvalue weighted by Gasteiger charge is 2.27. The third-order valence-corrected chi connectivity index (χ3v) is 2.18. The van der Waals surface area contributed by atoms with E-state index in [9.17, 15) is 4.79 Å². The maximum atomic E-state index is 10.9. The quantitative estimate of drug-likeness (QED) is 0.487. The Labute approximate surface area is 55.8 Å². The molecule has 0 spiro atoms. The molecule has 1 aliphatic rings. The van der Waals surface area contributed by atoms with Crippen LogP contribution in [-0.4, -0.2) is 5.78 Å². The maximum absolute atomic E-state index is 10.9. The van der Waals surface area contributed by atoms with Crippen LogP contribution in [0.2, 0.25) is 0 Å². The van der Waals surface area contributed by atoms with Gasteiger partial charge in [-0.2, -0.15) is 0 Å². The van der Waals surface area contributed by atoms with E-state index >= 15 is 0 Å². The summed E-state index contributed by atoms with van der Waals surface area (Å²) >= 11 is 0. The second-order valence-corrected chi connectivity index (χ2v) is 2.69. The molecule has 1 saturated carbocycles. The second-order valence-electron chi connectivity index (χ2n) is 2.69. The molecule has 1 rings (SSSR count). The van der Waals surface area contributed by atoms with Crippen LogP contribution in [0.5, 0.6) is 0 Å². The second kappa shape index (κ2) is 2.34. The first-order chi connectivity index (χ1) is 4.25. The van der Waals surface area contributed by atoms with Gasteiger partial charge in [-0.15, -0.1) is 6.58 Å². The van der Waals surface area contributed by atoms with Crippen LogP contribution in [0.25, 0.3) is 0 Å². The highest BCUT2D eigenvalue weighted by Crippen LogP contribution is 2.28.